The third kappa shape index (κ3) is 2.49. The highest BCUT2D eigenvalue weighted by Gasteiger charge is 2.10. The zero-order valence-corrected chi connectivity index (χ0v) is 10.0. The Kier molecular flexibility index (Phi) is 3.29. The molecule has 18 heavy (non-hydrogen) atoms. The number of carboxylic acids is 1. The number of nitrogens with one attached hydrogen (secondary N) is 1. The van der Waals surface area contributed by atoms with E-state index in [2.05, 4.69) is 5.32 Å². The van der Waals surface area contributed by atoms with Crippen LogP contribution in [0.3, 0.4) is 0 Å². The Morgan fingerprint density at radius 1 is 1.28 bits per heavy atom. The first-order valence-corrected chi connectivity index (χ1v) is 5.93. The fraction of sp³-hybridized carbons (Fsp3) is 0. The summed E-state index contributed by atoms with van der Waals surface area (Å²) in [6.45, 7) is 0. The maximum absolute atomic E-state index is 11.8. The molecule has 0 saturated heterocycles. The molecule has 0 spiro atoms. The van der Waals surface area contributed by atoms with Crippen molar-refractivity contribution in [1.29, 1.82) is 0 Å². The van der Waals surface area contributed by atoms with Crippen molar-refractivity contribution in [2.24, 2.45) is 0 Å². The molecule has 0 aliphatic heterocycles. The summed E-state index contributed by atoms with van der Waals surface area (Å²) >= 11 is 1.32. The van der Waals surface area contributed by atoms with Crippen molar-refractivity contribution in [2.45, 2.75) is 0 Å². The summed E-state index contributed by atoms with van der Waals surface area (Å²) in [5.74, 6) is -1.32. The molecule has 0 bridgehead atoms. The van der Waals surface area contributed by atoms with E-state index >= 15 is 0 Å². The second-order valence-corrected chi connectivity index (χ2v) is 4.49. The number of aromatic carboxylic acids is 1. The van der Waals surface area contributed by atoms with E-state index in [4.69, 9.17) is 10.8 Å². The molecular formula is C12H10N2O3S. The second kappa shape index (κ2) is 4.89. The van der Waals surface area contributed by atoms with Crippen LogP contribution in [-0.4, -0.2) is 17.0 Å². The molecule has 92 valence electrons. The number of rotatable bonds is 3. The molecule has 2 rings (SSSR count). The van der Waals surface area contributed by atoms with Crippen LogP contribution in [0.25, 0.3) is 0 Å². The Morgan fingerprint density at radius 2 is 2.06 bits per heavy atom. The number of thiophene rings is 1. The molecule has 0 atom stereocenters. The van der Waals surface area contributed by atoms with Crippen LogP contribution in [0.5, 0.6) is 0 Å². The number of nitrogen functional groups attached to an aromatic ring is 1. The van der Waals surface area contributed by atoms with Crippen LogP contribution in [-0.2, 0) is 0 Å². The number of carbonyl (C=O) groups is 2. The molecule has 0 fully saturated rings. The quantitative estimate of drug-likeness (QED) is 0.740. The largest absolute Gasteiger partial charge is 0.478 e. The average molecular weight is 262 g/mol. The Bertz CT molecular complexity index is 593. The smallest absolute Gasteiger partial charge is 0.335 e. The van der Waals surface area contributed by atoms with E-state index in [-0.39, 0.29) is 17.2 Å². The molecule has 0 unspecified atom stereocenters. The van der Waals surface area contributed by atoms with E-state index in [9.17, 15) is 9.59 Å². The molecule has 4 N–H and O–H groups in total. The molecule has 0 radical (unpaired) electrons. The number of carboxylic acid groups (broad SMARTS) is 1. The summed E-state index contributed by atoms with van der Waals surface area (Å²) < 4.78 is 0. The molecule has 2 aromatic rings. The van der Waals surface area contributed by atoms with Gasteiger partial charge in [-0.25, -0.2) is 4.79 Å². The molecule has 1 amide bonds. The zero-order valence-electron chi connectivity index (χ0n) is 9.21. The molecule has 1 aromatic heterocycles. The van der Waals surface area contributed by atoms with E-state index in [1.807, 2.05) is 0 Å². The minimum atomic E-state index is -1.06. The van der Waals surface area contributed by atoms with Gasteiger partial charge in [-0.05, 0) is 29.6 Å². The van der Waals surface area contributed by atoms with Gasteiger partial charge in [-0.1, -0.05) is 6.07 Å². The van der Waals surface area contributed by atoms with Crippen molar-refractivity contribution in [1.82, 2.24) is 0 Å². The summed E-state index contributed by atoms with van der Waals surface area (Å²) in [5, 5.41) is 13.2. The number of carbonyl (C=O) groups excluding carboxylic acids is 1. The summed E-state index contributed by atoms with van der Waals surface area (Å²) in [5.41, 5.74) is 6.39. The number of anilines is 2. The van der Waals surface area contributed by atoms with Crippen LogP contribution < -0.4 is 11.1 Å². The van der Waals surface area contributed by atoms with Gasteiger partial charge < -0.3 is 16.2 Å². The SMILES string of the molecule is Nc1cc(C(=O)O)ccc1NC(=O)c1cccs1. The van der Waals surface area contributed by atoms with E-state index in [0.717, 1.165) is 0 Å². The first-order valence-electron chi connectivity index (χ1n) is 5.05. The van der Waals surface area contributed by atoms with Crippen LogP contribution in [0.15, 0.2) is 35.7 Å². The normalized spacial score (nSPS) is 10.0. The molecule has 6 heteroatoms. The first kappa shape index (κ1) is 12.1. The third-order valence-electron chi connectivity index (χ3n) is 2.29. The van der Waals surface area contributed by atoms with Gasteiger partial charge in [0, 0.05) is 0 Å². The summed E-state index contributed by atoms with van der Waals surface area (Å²) in [4.78, 5) is 23.1. The van der Waals surface area contributed by atoms with E-state index in [1.54, 1.807) is 17.5 Å². The minimum absolute atomic E-state index is 0.0848. The predicted molar refractivity (Wildman–Crippen MR) is 70.1 cm³/mol. The standard InChI is InChI=1S/C12H10N2O3S/c13-8-6-7(12(16)17)3-4-9(8)14-11(15)10-2-1-5-18-10/h1-6H,13H2,(H,14,15)(H,16,17). The number of nitrogens with two attached hydrogens (primary N) is 1. The molecule has 0 aliphatic rings. The van der Waals surface area contributed by atoms with Crippen molar-refractivity contribution < 1.29 is 14.7 Å². The highest BCUT2D eigenvalue weighted by Crippen LogP contribution is 2.21. The van der Waals surface area contributed by atoms with Crippen LogP contribution in [0.2, 0.25) is 0 Å². The third-order valence-corrected chi connectivity index (χ3v) is 3.16. The second-order valence-electron chi connectivity index (χ2n) is 3.54. The number of amides is 1. The first-order chi connectivity index (χ1) is 8.58. The molecule has 5 nitrogen and oxygen atoms in total. The van der Waals surface area contributed by atoms with E-state index < -0.39 is 5.97 Å². The lowest BCUT2D eigenvalue weighted by Gasteiger charge is -2.07. The fourth-order valence-corrected chi connectivity index (χ4v) is 2.02. The maximum Gasteiger partial charge on any atom is 0.335 e. The monoisotopic (exact) mass is 262 g/mol. The van der Waals surface area contributed by atoms with Crippen molar-refractivity contribution in [2.75, 3.05) is 11.1 Å². The van der Waals surface area contributed by atoms with E-state index in [0.29, 0.717) is 10.6 Å². The Labute approximate surface area is 107 Å². The van der Waals surface area contributed by atoms with Gasteiger partial charge in [0.15, 0.2) is 0 Å². The molecule has 1 heterocycles. The molecule has 0 saturated carbocycles. The van der Waals surface area contributed by atoms with Gasteiger partial charge in [-0.15, -0.1) is 11.3 Å². The number of hydrogen-bond acceptors (Lipinski definition) is 4. The Balaban J connectivity index is 2.20. The van der Waals surface area contributed by atoms with Crippen LogP contribution >= 0.6 is 11.3 Å². The number of hydrogen-bond donors (Lipinski definition) is 3. The lowest BCUT2D eigenvalue weighted by molar-refractivity contribution is 0.0697. The van der Waals surface area contributed by atoms with Crippen molar-refractivity contribution in [3.63, 3.8) is 0 Å². The summed E-state index contributed by atoms with van der Waals surface area (Å²) in [6, 6.07) is 7.65. The molecular weight excluding hydrogens is 252 g/mol. The van der Waals surface area contributed by atoms with Gasteiger partial charge in [0.05, 0.1) is 21.8 Å². The van der Waals surface area contributed by atoms with Gasteiger partial charge in [0.1, 0.15) is 0 Å². The van der Waals surface area contributed by atoms with Gasteiger partial charge in [0.25, 0.3) is 5.91 Å². The van der Waals surface area contributed by atoms with Crippen molar-refractivity contribution in [3.8, 4) is 0 Å². The highest BCUT2D eigenvalue weighted by atomic mass is 32.1. The van der Waals surface area contributed by atoms with Crippen molar-refractivity contribution in [3.05, 3.63) is 46.2 Å². The Hall–Kier alpha value is -2.34. The van der Waals surface area contributed by atoms with Gasteiger partial charge in [-0.2, -0.15) is 0 Å². The molecule has 1 aromatic carbocycles. The van der Waals surface area contributed by atoms with Crippen LogP contribution in [0.1, 0.15) is 20.0 Å². The topological polar surface area (TPSA) is 92.4 Å². The molecule has 0 aliphatic carbocycles. The predicted octanol–water partition coefficient (Wildman–Crippen LogP) is 2.28. The van der Waals surface area contributed by atoms with Crippen LogP contribution in [0, 0.1) is 0 Å². The summed E-state index contributed by atoms with van der Waals surface area (Å²) in [7, 11) is 0. The van der Waals surface area contributed by atoms with Gasteiger partial charge in [0.2, 0.25) is 0 Å². The van der Waals surface area contributed by atoms with E-state index in [1.165, 1.54) is 29.5 Å². The van der Waals surface area contributed by atoms with Gasteiger partial charge in [-0.3, -0.25) is 4.79 Å². The maximum atomic E-state index is 11.8. The fourth-order valence-electron chi connectivity index (χ4n) is 1.40. The highest BCUT2D eigenvalue weighted by molar-refractivity contribution is 7.12. The Morgan fingerprint density at radius 3 is 2.61 bits per heavy atom. The minimum Gasteiger partial charge on any atom is -0.478 e. The van der Waals surface area contributed by atoms with Gasteiger partial charge >= 0.3 is 5.97 Å². The lowest BCUT2D eigenvalue weighted by Crippen LogP contribution is -2.12. The van der Waals surface area contributed by atoms with Crippen molar-refractivity contribution >= 4 is 34.6 Å². The zero-order chi connectivity index (χ0) is 13.1. The lowest BCUT2D eigenvalue weighted by atomic mass is 10.1. The summed E-state index contributed by atoms with van der Waals surface area (Å²) in [6.07, 6.45) is 0. The number of benzene rings is 1. The van der Waals surface area contributed by atoms with Crippen LogP contribution in [0.4, 0.5) is 11.4 Å². The average Bonchev–Trinajstić information content (AvgIpc) is 2.85.